The molecule has 1 atom stereocenters. The fraction of sp³-hybridized carbons (Fsp3) is 0.348. The van der Waals surface area contributed by atoms with Gasteiger partial charge in [-0.05, 0) is 49.6 Å². The molecule has 29 heavy (non-hydrogen) atoms. The van der Waals surface area contributed by atoms with E-state index in [1.54, 1.807) is 18.2 Å². The number of nitrogens with zero attached hydrogens (tertiary/aromatic N) is 1. The van der Waals surface area contributed by atoms with Crippen LogP contribution in [0, 0.1) is 6.92 Å². The van der Waals surface area contributed by atoms with E-state index in [0.29, 0.717) is 40.6 Å². The van der Waals surface area contributed by atoms with Crippen molar-refractivity contribution >= 4 is 22.6 Å². The summed E-state index contributed by atoms with van der Waals surface area (Å²) in [5, 5.41) is 1.20. The summed E-state index contributed by atoms with van der Waals surface area (Å²) >= 11 is 6.00. The standard InChI is InChI=1S/C23H22ClNO4/c1-14-21(15-4-6-16(24)7-5-15)22(26)18-8-9-20-19(23(18)29-14)12-25(13-28-20)11-17-3-2-10-27-17/h4-9,17H,2-3,10-13H2,1H3. The molecule has 3 aromatic rings. The summed E-state index contributed by atoms with van der Waals surface area (Å²) in [5.74, 6) is 1.37. The molecule has 0 spiro atoms. The zero-order valence-corrected chi connectivity index (χ0v) is 17.0. The molecule has 1 unspecified atom stereocenters. The molecule has 1 aromatic heterocycles. The zero-order chi connectivity index (χ0) is 20.0. The van der Waals surface area contributed by atoms with Crippen molar-refractivity contribution in [2.24, 2.45) is 0 Å². The molecule has 5 rings (SSSR count). The van der Waals surface area contributed by atoms with Crippen LogP contribution in [-0.2, 0) is 11.3 Å². The predicted octanol–water partition coefficient (Wildman–Crippen LogP) is 4.75. The van der Waals surface area contributed by atoms with Crippen molar-refractivity contribution in [1.82, 2.24) is 4.90 Å². The predicted molar refractivity (Wildman–Crippen MR) is 113 cm³/mol. The summed E-state index contributed by atoms with van der Waals surface area (Å²) in [6.45, 7) is 4.68. The molecule has 2 aliphatic heterocycles. The Kier molecular flexibility index (Phi) is 4.82. The first-order valence-electron chi connectivity index (χ1n) is 9.92. The number of halogens is 1. The van der Waals surface area contributed by atoms with E-state index >= 15 is 0 Å². The SMILES string of the molecule is Cc1oc2c3c(ccc2c(=O)c1-c1ccc(Cl)cc1)OCN(CC1CCCO1)C3. The van der Waals surface area contributed by atoms with Crippen LogP contribution in [0.5, 0.6) is 5.75 Å². The normalized spacial score (nSPS) is 19.3. The minimum Gasteiger partial charge on any atom is -0.478 e. The maximum atomic E-state index is 13.3. The second kappa shape index (κ2) is 7.48. The summed E-state index contributed by atoms with van der Waals surface area (Å²) in [6, 6.07) is 10.9. The Labute approximate surface area is 173 Å². The van der Waals surface area contributed by atoms with Crippen LogP contribution in [0.3, 0.4) is 0 Å². The van der Waals surface area contributed by atoms with E-state index in [4.69, 9.17) is 25.5 Å². The summed E-state index contributed by atoms with van der Waals surface area (Å²) in [4.78, 5) is 15.5. The molecule has 0 bridgehead atoms. The van der Waals surface area contributed by atoms with Crippen LogP contribution in [-0.4, -0.2) is 30.9 Å². The topological polar surface area (TPSA) is 51.9 Å². The van der Waals surface area contributed by atoms with Crippen LogP contribution in [0.2, 0.25) is 5.02 Å². The molecule has 150 valence electrons. The first kappa shape index (κ1) is 18.7. The van der Waals surface area contributed by atoms with Gasteiger partial charge in [-0.1, -0.05) is 23.7 Å². The smallest absolute Gasteiger partial charge is 0.200 e. The molecule has 6 heteroatoms. The van der Waals surface area contributed by atoms with Gasteiger partial charge in [-0.2, -0.15) is 0 Å². The van der Waals surface area contributed by atoms with Gasteiger partial charge < -0.3 is 13.9 Å². The molecule has 5 nitrogen and oxygen atoms in total. The molecule has 0 N–H and O–H groups in total. The average molecular weight is 412 g/mol. The van der Waals surface area contributed by atoms with E-state index < -0.39 is 0 Å². The Hall–Kier alpha value is -2.34. The van der Waals surface area contributed by atoms with E-state index in [1.807, 2.05) is 25.1 Å². The van der Waals surface area contributed by atoms with Gasteiger partial charge in [-0.25, -0.2) is 0 Å². The van der Waals surface area contributed by atoms with Gasteiger partial charge in [-0.15, -0.1) is 0 Å². The third-order valence-corrected chi connectivity index (χ3v) is 5.95. The van der Waals surface area contributed by atoms with Crippen molar-refractivity contribution in [3.63, 3.8) is 0 Å². The second-order valence-electron chi connectivity index (χ2n) is 7.71. The molecule has 0 radical (unpaired) electrons. The van der Waals surface area contributed by atoms with Gasteiger partial charge in [0.25, 0.3) is 0 Å². The average Bonchev–Trinajstić information content (AvgIpc) is 3.22. The minimum absolute atomic E-state index is 0.0369. The molecule has 1 saturated heterocycles. The van der Waals surface area contributed by atoms with Gasteiger partial charge in [0.15, 0.2) is 0 Å². The molecule has 0 saturated carbocycles. The Morgan fingerprint density at radius 2 is 2.00 bits per heavy atom. The van der Waals surface area contributed by atoms with E-state index in [1.165, 1.54) is 0 Å². The molecule has 1 fully saturated rings. The molecule has 0 amide bonds. The van der Waals surface area contributed by atoms with Gasteiger partial charge in [0.2, 0.25) is 5.43 Å². The second-order valence-corrected chi connectivity index (χ2v) is 8.14. The number of hydrogen-bond acceptors (Lipinski definition) is 5. The number of fused-ring (bicyclic) bond motifs is 3. The Bertz CT molecular complexity index is 1120. The third kappa shape index (κ3) is 3.44. The lowest BCUT2D eigenvalue weighted by molar-refractivity contribution is 0.0281. The number of ether oxygens (including phenoxy) is 2. The third-order valence-electron chi connectivity index (χ3n) is 5.70. The minimum atomic E-state index is -0.0369. The van der Waals surface area contributed by atoms with Crippen molar-refractivity contribution in [2.45, 2.75) is 32.4 Å². The van der Waals surface area contributed by atoms with Crippen LogP contribution < -0.4 is 10.2 Å². The highest BCUT2D eigenvalue weighted by molar-refractivity contribution is 6.30. The summed E-state index contributed by atoms with van der Waals surface area (Å²) < 4.78 is 17.9. The maximum absolute atomic E-state index is 13.3. The first-order valence-corrected chi connectivity index (χ1v) is 10.3. The Morgan fingerprint density at radius 1 is 1.17 bits per heavy atom. The quantitative estimate of drug-likeness (QED) is 0.622. The molecule has 2 aliphatic rings. The number of aryl methyl sites for hydroxylation is 1. The Morgan fingerprint density at radius 3 is 2.76 bits per heavy atom. The first-order chi connectivity index (χ1) is 14.1. The van der Waals surface area contributed by atoms with E-state index in [-0.39, 0.29) is 11.5 Å². The van der Waals surface area contributed by atoms with Crippen molar-refractivity contribution in [3.05, 3.63) is 63.0 Å². The van der Waals surface area contributed by atoms with Crippen molar-refractivity contribution in [3.8, 4) is 16.9 Å². The fourth-order valence-corrected chi connectivity index (χ4v) is 4.39. The van der Waals surface area contributed by atoms with Crippen molar-refractivity contribution < 1.29 is 13.9 Å². The Balaban J connectivity index is 1.56. The van der Waals surface area contributed by atoms with E-state index in [0.717, 1.165) is 42.9 Å². The number of rotatable bonds is 3. The van der Waals surface area contributed by atoms with E-state index in [9.17, 15) is 4.79 Å². The van der Waals surface area contributed by atoms with Gasteiger partial charge in [0, 0.05) is 24.7 Å². The molecule has 0 aliphatic carbocycles. The van der Waals surface area contributed by atoms with Crippen LogP contribution >= 0.6 is 11.6 Å². The molecule has 2 aromatic carbocycles. The molecular weight excluding hydrogens is 390 g/mol. The maximum Gasteiger partial charge on any atom is 0.200 e. The largest absolute Gasteiger partial charge is 0.478 e. The summed E-state index contributed by atoms with van der Waals surface area (Å²) in [5.41, 5.74) is 2.87. The van der Waals surface area contributed by atoms with Crippen LogP contribution in [0.1, 0.15) is 24.2 Å². The highest BCUT2D eigenvalue weighted by Crippen LogP contribution is 2.34. The lowest BCUT2D eigenvalue weighted by atomic mass is 10.0. The summed E-state index contributed by atoms with van der Waals surface area (Å²) in [7, 11) is 0. The van der Waals surface area contributed by atoms with E-state index in [2.05, 4.69) is 4.90 Å². The van der Waals surface area contributed by atoms with Gasteiger partial charge in [-0.3, -0.25) is 9.69 Å². The molecular formula is C23H22ClNO4. The lowest BCUT2D eigenvalue weighted by Crippen LogP contribution is -2.37. The monoisotopic (exact) mass is 411 g/mol. The fourth-order valence-electron chi connectivity index (χ4n) is 4.26. The van der Waals surface area contributed by atoms with Crippen molar-refractivity contribution in [1.29, 1.82) is 0 Å². The number of benzene rings is 2. The number of hydrogen-bond donors (Lipinski definition) is 0. The van der Waals surface area contributed by atoms with Gasteiger partial charge in [0.05, 0.1) is 22.6 Å². The lowest BCUT2D eigenvalue weighted by Gasteiger charge is -2.30. The zero-order valence-electron chi connectivity index (χ0n) is 16.2. The summed E-state index contributed by atoms with van der Waals surface area (Å²) in [6.07, 6.45) is 2.44. The van der Waals surface area contributed by atoms with Crippen molar-refractivity contribution in [2.75, 3.05) is 19.9 Å². The van der Waals surface area contributed by atoms with Crippen LogP contribution in [0.15, 0.2) is 45.6 Å². The van der Waals surface area contributed by atoms with Gasteiger partial charge in [0.1, 0.15) is 23.8 Å². The molecule has 3 heterocycles. The van der Waals surface area contributed by atoms with Gasteiger partial charge >= 0.3 is 0 Å². The highest BCUT2D eigenvalue weighted by Gasteiger charge is 2.26. The highest BCUT2D eigenvalue weighted by atomic mass is 35.5. The van der Waals surface area contributed by atoms with Crippen LogP contribution in [0.4, 0.5) is 0 Å². The van der Waals surface area contributed by atoms with Crippen LogP contribution in [0.25, 0.3) is 22.1 Å².